The second-order valence-corrected chi connectivity index (χ2v) is 8.70. The number of fused-ring (bicyclic) bond motifs is 1. The Morgan fingerprint density at radius 3 is 2.27 bits per heavy atom. The van der Waals surface area contributed by atoms with Gasteiger partial charge in [-0.3, -0.25) is 4.57 Å². The molecule has 0 radical (unpaired) electrons. The lowest BCUT2D eigenvalue weighted by Gasteiger charge is -2.20. The number of hydrogen-bond donors (Lipinski definition) is 4. The van der Waals surface area contributed by atoms with E-state index in [1.165, 1.54) is 18.0 Å². The summed E-state index contributed by atoms with van der Waals surface area (Å²) in [7, 11) is 1.23. The summed E-state index contributed by atoms with van der Waals surface area (Å²) in [5.41, 5.74) is 2.72. The molecule has 192 valence electrons. The van der Waals surface area contributed by atoms with E-state index in [2.05, 4.69) is 20.3 Å². The number of anilines is 1. The molecule has 1 fully saturated rings. The average Bonchev–Trinajstić information content (AvgIpc) is 3.49. The van der Waals surface area contributed by atoms with E-state index in [9.17, 15) is 20.1 Å². The van der Waals surface area contributed by atoms with Gasteiger partial charge in [-0.15, -0.1) is 0 Å². The van der Waals surface area contributed by atoms with Crippen molar-refractivity contribution in [3.05, 3.63) is 83.9 Å². The number of methoxy groups -OCH3 is 1. The summed E-state index contributed by atoms with van der Waals surface area (Å²) in [5, 5.41) is 33.5. The van der Waals surface area contributed by atoms with Gasteiger partial charge in [-0.1, -0.05) is 60.7 Å². The van der Waals surface area contributed by atoms with Crippen molar-refractivity contribution < 1.29 is 29.6 Å². The van der Waals surface area contributed by atoms with Crippen molar-refractivity contribution in [2.45, 2.75) is 30.5 Å². The second-order valence-electron chi connectivity index (χ2n) is 8.70. The van der Waals surface area contributed by atoms with Crippen LogP contribution in [0.15, 0.2) is 67.0 Å². The molecule has 2 aromatic heterocycles. The van der Waals surface area contributed by atoms with E-state index in [4.69, 9.17) is 9.47 Å². The summed E-state index contributed by atoms with van der Waals surface area (Å²) in [6.07, 6.45) is -3.31. The molecular weight excluding hydrogens is 478 g/mol. The third-order valence-electron chi connectivity index (χ3n) is 6.46. The van der Waals surface area contributed by atoms with Gasteiger partial charge in [0.1, 0.15) is 18.3 Å². The predicted octanol–water partition coefficient (Wildman–Crippen LogP) is 1.47. The number of hydrogen-bond acceptors (Lipinski definition) is 10. The Kier molecular flexibility index (Phi) is 7.10. The normalized spacial score (nSPS) is 21.4. The van der Waals surface area contributed by atoms with Gasteiger partial charge in [0.25, 0.3) is 0 Å². The number of carbonyl (C=O) groups is 1. The standard InChI is InChI=1S/C26H27N5O6/c1-36-26(35)23-29-22(27-12-17(15-8-4-2-5-9-15)16-10-6-3-7-11-16)19-24(30-23)31(14-28-19)25-21(34)20(33)18(13-32)37-25/h2-11,14,17-18,20-21,25,32-34H,12-13H2,1H3,(H,27,29,30)/t18-,20-,21+,25-/m1/s1. The van der Waals surface area contributed by atoms with Crippen molar-refractivity contribution in [2.24, 2.45) is 0 Å². The molecule has 1 aliphatic heterocycles. The number of aliphatic hydroxyl groups excluding tert-OH is 3. The Bertz CT molecular complexity index is 1330. The summed E-state index contributed by atoms with van der Waals surface area (Å²) < 4.78 is 11.9. The molecule has 11 heteroatoms. The van der Waals surface area contributed by atoms with Crippen molar-refractivity contribution in [1.82, 2.24) is 19.5 Å². The quantitative estimate of drug-likeness (QED) is 0.259. The highest BCUT2D eigenvalue weighted by molar-refractivity contribution is 5.91. The maximum atomic E-state index is 12.4. The molecule has 37 heavy (non-hydrogen) atoms. The van der Waals surface area contributed by atoms with Crippen LogP contribution in [0.5, 0.6) is 0 Å². The Morgan fingerprint density at radius 1 is 1.05 bits per heavy atom. The van der Waals surface area contributed by atoms with Crippen LogP contribution in [0, 0.1) is 0 Å². The fourth-order valence-electron chi connectivity index (χ4n) is 4.52. The molecule has 1 aliphatic rings. The summed E-state index contributed by atoms with van der Waals surface area (Å²) in [6.45, 7) is -0.0433. The molecule has 0 saturated carbocycles. The zero-order valence-corrected chi connectivity index (χ0v) is 20.0. The number of aromatic nitrogens is 4. The largest absolute Gasteiger partial charge is 0.463 e. The van der Waals surface area contributed by atoms with Crippen molar-refractivity contribution in [2.75, 3.05) is 25.6 Å². The lowest BCUT2D eigenvalue weighted by molar-refractivity contribution is -0.0511. The van der Waals surface area contributed by atoms with Crippen LogP contribution >= 0.6 is 0 Å². The first-order valence-electron chi connectivity index (χ1n) is 11.8. The van der Waals surface area contributed by atoms with Gasteiger partial charge in [-0.2, -0.15) is 0 Å². The van der Waals surface area contributed by atoms with Gasteiger partial charge in [-0.05, 0) is 11.1 Å². The maximum absolute atomic E-state index is 12.4. The van der Waals surface area contributed by atoms with E-state index >= 15 is 0 Å². The van der Waals surface area contributed by atoms with Crippen molar-refractivity contribution in [3.63, 3.8) is 0 Å². The van der Waals surface area contributed by atoms with Crippen LogP contribution in [0.25, 0.3) is 11.2 Å². The molecule has 5 rings (SSSR count). The van der Waals surface area contributed by atoms with E-state index in [-0.39, 0.29) is 17.4 Å². The molecular formula is C26H27N5O6. The van der Waals surface area contributed by atoms with Crippen LogP contribution in [0.4, 0.5) is 5.82 Å². The zero-order valence-electron chi connectivity index (χ0n) is 20.0. The zero-order chi connectivity index (χ0) is 25.9. The number of ether oxygens (including phenoxy) is 2. The molecule has 4 N–H and O–H groups in total. The highest BCUT2D eigenvalue weighted by Crippen LogP contribution is 2.33. The van der Waals surface area contributed by atoms with Crippen LogP contribution in [0.3, 0.4) is 0 Å². The number of nitrogens with zero attached hydrogens (tertiary/aromatic N) is 4. The van der Waals surface area contributed by atoms with E-state index < -0.39 is 37.1 Å². The number of nitrogens with one attached hydrogen (secondary N) is 1. The summed E-state index contributed by atoms with van der Waals surface area (Å²) >= 11 is 0. The lowest BCUT2D eigenvalue weighted by Crippen LogP contribution is -2.33. The number of aliphatic hydroxyl groups is 3. The summed E-state index contributed by atoms with van der Waals surface area (Å²) in [5.74, 6) is -0.687. The highest BCUT2D eigenvalue weighted by atomic mass is 16.6. The van der Waals surface area contributed by atoms with Crippen LogP contribution in [-0.4, -0.2) is 79.4 Å². The third-order valence-corrected chi connectivity index (χ3v) is 6.46. The summed E-state index contributed by atoms with van der Waals surface area (Å²) in [6, 6.07) is 20.0. The van der Waals surface area contributed by atoms with Gasteiger partial charge in [0.05, 0.1) is 20.0 Å². The fraction of sp³-hybridized carbons (Fsp3) is 0.308. The predicted molar refractivity (Wildman–Crippen MR) is 133 cm³/mol. The molecule has 0 spiro atoms. The lowest BCUT2D eigenvalue weighted by atomic mass is 9.91. The van der Waals surface area contributed by atoms with Crippen LogP contribution in [0.1, 0.15) is 33.9 Å². The molecule has 4 atom stereocenters. The van der Waals surface area contributed by atoms with Crippen LogP contribution in [-0.2, 0) is 9.47 Å². The van der Waals surface area contributed by atoms with Gasteiger partial charge >= 0.3 is 5.97 Å². The number of imidazole rings is 1. The van der Waals surface area contributed by atoms with Gasteiger partial charge in [0.15, 0.2) is 23.2 Å². The Labute approximate surface area is 212 Å². The molecule has 2 aromatic carbocycles. The molecule has 11 nitrogen and oxygen atoms in total. The third kappa shape index (κ3) is 4.77. The number of esters is 1. The topological polar surface area (TPSA) is 152 Å². The number of carbonyl (C=O) groups excluding carboxylic acids is 1. The van der Waals surface area contributed by atoms with Crippen molar-refractivity contribution in [1.29, 1.82) is 0 Å². The number of rotatable bonds is 8. The smallest absolute Gasteiger partial charge is 0.376 e. The molecule has 0 unspecified atom stereocenters. The highest BCUT2D eigenvalue weighted by Gasteiger charge is 2.44. The maximum Gasteiger partial charge on any atom is 0.376 e. The minimum Gasteiger partial charge on any atom is -0.463 e. The number of benzene rings is 2. The molecule has 1 saturated heterocycles. The minimum absolute atomic E-state index is 0.0310. The van der Waals surface area contributed by atoms with E-state index in [0.29, 0.717) is 17.9 Å². The Balaban J connectivity index is 1.53. The minimum atomic E-state index is -1.34. The molecule has 4 aromatic rings. The van der Waals surface area contributed by atoms with Gasteiger partial charge in [0.2, 0.25) is 5.82 Å². The van der Waals surface area contributed by atoms with Crippen molar-refractivity contribution in [3.8, 4) is 0 Å². The summed E-state index contributed by atoms with van der Waals surface area (Å²) in [4.78, 5) is 25.5. The van der Waals surface area contributed by atoms with Gasteiger partial charge < -0.3 is 30.1 Å². The molecule has 0 aliphatic carbocycles. The van der Waals surface area contributed by atoms with Gasteiger partial charge in [0, 0.05) is 12.5 Å². The van der Waals surface area contributed by atoms with Gasteiger partial charge in [-0.25, -0.2) is 19.7 Å². The first kappa shape index (κ1) is 24.8. The SMILES string of the molecule is COC(=O)c1nc(NCC(c2ccccc2)c2ccccc2)c2ncn([C@@H]3O[C@H](CO)[C@@H](O)[C@@H]3O)c2n1. The van der Waals surface area contributed by atoms with E-state index in [1.54, 1.807) is 0 Å². The Morgan fingerprint density at radius 2 is 1.70 bits per heavy atom. The molecule has 0 bridgehead atoms. The first-order chi connectivity index (χ1) is 18.0. The van der Waals surface area contributed by atoms with Crippen LogP contribution < -0.4 is 5.32 Å². The fourth-order valence-corrected chi connectivity index (χ4v) is 4.52. The second kappa shape index (κ2) is 10.6. The average molecular weight is 506 g/mol. The monoisotopic (exact) mass is 505 g/mol. The van der Waals surface area contributed by atoms with E-state index in [0.717, 1.165) is 11.1 Å². The Hall–Kier alpha value is -3.90. The van der Waals surface area contributed by atoms with Crippen molar-refractivity contribution >= 4 is 23.0 Å². The van der Waals surface area contributed by atoms with E-state index in [1.807, 2.05) is 60.7 Å². The van der Waals surface area contributed by atoms with Crippen LogP contribution in [0.2, 0.25) is 0 Å². The first-order valence-corrected chi connectivity index (χ1v) is 11.8. The molecule has 3 heterocycles. The molecule has 0 amide bonds.